The summed E-state index contributed by atoms with van der Waals surface area (Å²) in [6.07, 6.45) is 6.69. The lowest BCUT2D eigenvalue weighted by Gasteiger charge is -2.39. The molecule has 116 valence electrons. The molecule has 1 saturated heterocycles. The molecular formula is C15H20BN3O2S. The first-order chi connectivity index (χ1) is 10.7. The van der Waals surface area contributed by atoms with Crippen molar-refractivity contribution in [1.82, 2.24) is 14.3 Å². The number of nitrogens with zero attached hydrogens (tertiary/aromatic N) is 2. The Morgan fingerprint density at radius 3 is 3.09 bits per heavy atom. The quantitative estimate of drug-likeness (QED) is 0.665. The standard InChI is InChI=1S/C15H20BN3O2S/c1-2-9-22-19-7-4-15(5-8-19)13-11-3-6-17-14(11)18-10-12(13)16(20)21-15/h3,6,10,20H,2,4-5,7-9H2,1H3,(H,17,18). The van der Waals surface area contributed by atoms with E-state index in [2.05, 4.69) is 21.2 Å². The Kier molecular flexibility index (Phi) is 3.68. The molecule has 1 fully saturated rings. The van der Waals surface area contributed by atoms with Crippen LogP contribution in [0.2, 0.25) is 0 Å². The molecule has 4 rings (SSSR count). The van der Waals surface area contributed by atoms with Crippen LogP contribution in [-0.2, 0) is 10.3 Å². The van der Waals surface area contributed by atoms with Crippen LogP contribution in [0.5, 0.6) is 0 Å². The van der Waals surface area contributed by atoms with Gasteiger partial charge in [-0.2, -0.15) is 0 Å². The number of H-pyrrole nitrogens is 1. The molecule has 22 heavy (non-hydrogen) atoms. The minimum absolute atomic E-state index is 0.360. The number of pyridine rings is 1. The molecule has 0 saturated carbocycles. The van der Waals surface area contributed by atoms with Crippen molar-refractivity contribution in [2.75, 3.05) is 18.8 Å². The Hall–Kier alpha value is -1.02. The van der Waals surface area contributed by atoms with Crippen molar-refractivity contribution < 1.29 is 9.68 Å². The molecule has 2 aromatic heterocycles. The SMILES string of the molecule is CCCSN1CCC2(CC1)OB(O)c1cnc3[nH]ccc3c12. The molecular weight excluding hydrogens is 297 g/mol. The second-order valence-corrected chi connectivity index (χ2v) is 7.24. The van der Waals surface area contributed by atoms with Crippen LogP contribution >= 0.6 is 11.9 Å². The summed E-state index contributed by atoms with van der Waals surface area (Å²) in [5.41, 5.74) is 2.49. The van der Waals surface area contributed by atoms with Crippen LogP contribution in [-0.4, -0.2) is 45.3 Å². The van der Waals surface area contributed by atoms with Crippen LogP contribution in [0.4, 0.5) is 0 Å². The van der Waals surface area contributed by atoms with E-state index in [4.69, 9.17) is 4.65 Å². The molecule has 2 N–H and O–H groups in total. The van der Waals surface area contributed by atoms with Gasteiger partial charge in [-0.15, -0.1) is 0 Å². The first-order valence-corrected chi connectivity index (χ1v) is 8.88. The normalized spacial score (nSPS) is 20.9. The zero-order chi connectivity index (χ0) is 15.2. The van der Waals surface area contributed by atoms with Gasteiger partial charge >= 0.3 is 7.12 Å². The third-order valence-corrected chi connectivity index (χ3v) is 6.00. The Morgan fingerprint density at radius 2 is 2.32 bits per heavy atom. The largest absolute Gasteiger partial charge is 0.493 e. The topological polar surface area (TPSA) is 61.4 Å². The first-order valence-electron chi connectivity index (χ1n) is 7.94. The fourth-order valence-electron chi connectivity index (χ4n) is 3.62. The number of hydrogen-bond acceptors (Lipinski definition) is 5. The number of aromatic nitrogens is 2. The molecule has 2 aromatic rings. The van der Waals surface area contributed by atoms with Crippen molar-refractivity contribution in [3.05, 3.63) is 24.0 Å². The van der Waals surface area contributed by atoms with Crippen LogP contribution in [0, 0.1) is 0 Å². The first kappa shape index (κ1) is 14.6. The second kappa shape index (κ2) is 5.56. The summed E-state index contributed by atoms with van der Waals surface area (Å²) in [6.45, 7) is 4.19. The zero-order valence-electron chi connectivity index (χ0n) is 12.7. The summed E-state index contributed by atoms with van der Waals surface area (Å²) >= 11 is 1.92. The van der Waals surface area contributed by atoms with E-state index >= 15 is 0 Å². The van der Waals surface area contributed by atoms with Gasteiger partial charge in [0.1, 0.15) is 5.65 Å². The van der Waals surface area contributed by atoms with Crippen LogP contribution in [0.25, 0.3) is 11.0 Å². The zero-order valence-corrected chi connectivity index (χ0v) is 13.5. The molecule has 2 aliphatic heterocycles. The highest BCUT2D eigenvalue weighted by molar-refractivity contribution is 7.97. The molecule has 4 heterocycles. The Morgan fingerprint density at radius 1 is 1.50 bits per heavy atom. The third-order valence-electron chi connectivity index (χ3n) is 4.68. The van der Waals surface area contributed by atoms with Crippen LogP contribution in [0.15, 0.2) is 18.5 Å². The van der Waals surface area contributed by atoms with Gasteiger partial charge in [-0.25, -0.2) is 4.98 Å². The van der Waals surface area contributed by atoms with Crippen molar-refractivity contribution in [2.24, 2.45) is 0 Å². The van der Waals surface area contributed by atoms with Gasteiger partial charge < -0.3 is 14.7 Å². The number of fused-ring (bicyclic) bond motifs is 4. The second-order valence-electron chi connectivity index (χ2n) is 6.06. The van der Waals surface area contributed by atoms with E-state index in [9.17, 15) is 5.02 Å². The molecule has 7 heteroatoms. The smallest absolute Gasteiger partial charge is 0.423 e. The van der Waals surface area contributed by atoms with E-state index in [1.54, 1.807) is 6.20 Å². The Balaban J connectivity index is 1.67. The van der Waals surface area contributed by atoms with E-state index in [1.807, 2.05) is 24.2 Å². The molecule has 2 aliphatic rings. The van der Waals surface area contributed by atoms with E-state index in [1.165, 1.54) is 12.2 Å². The maximum atomic E-state index is 10.3. The summed E-state index contributed by atoms with van der Waals surface area (Å²) in [6, 6.07) is 2.04. The highest BCUT2D eigenvalue weighted by atomic mass is 32.2. The highest BCUT2D eigenvalue weighted by Gasteiger charge is 2.49. The molecule has 0 aromatic carbocycles. The van der Waals surface area contributed by atoms with Gasteiger partial charge in [0.25, 0.3) is 0 Å². The molecule has 0 bridgehead atoms. The molecule has 0 atom stereocenters. The van der Waals surface area contributed by atoms with Gasteiger partial charge in [0.05, 0.1) is 5.60 Å². The average Bonchev–Trinajstić information content (AvgIpc) is 3.10. The van der Waals surface area contributed by atoms with Crippen molar-refractivity contribution >= 4 is 35.6 Å². The number of piperidine rings is 1. The van der Waals surface area contributed by atoms with Crippen LogP contribution in [0.3, 0.4) is 0 Å². The van der Waals surface area contributed by atoms with Crippen molar-refractivity contribution in [3.8, 4) is 0 Å². The van der Waals surface area contributed by atoms with E-state index in [0.717, 1.165) is 48.0 Å². The van der Waals surface area contributed by atoms with E-state index < -0.39 is 7.12 Å². The summed E-state index contributed by atoms with van der Waals surface area (Å²) in [4.78, 5) is 7.55. The molecule has 0 radical (unpaired) electrons. The number of hydrogen-bond donors (Lipinski definition) is 2. The predicted molar refractivity (Wildman–Crippen MR) is 90.0 cm³/mol. The van der Waals surface area contributed by atoms with E-state index in [0.29, 0.717) is 0 Å². The maximum absolute atomic E-state index is 10.3. The molecule has 0 unspecified atom stereocenters. The Bertz CT molecular complexity index is 684. The minimum Gasteiger partial charge on any atom is -0.423 e. The monoisotopic (exact) mass is 317 g/mol. The molecule has 0 aliphatic carbocycles. The summed E-state index contributed by atoms with van der Waals surface area (Å²) in [5.74, 6) is 1.17. The number of aromatic amines is 1. The van der Waals surface area contributed by atoms with Gasteiger partial charge in [0.15, 0.2) is 0 Å². The predicted octanol–water partition coefficient (Wildman–Crippen LogP) is 1.63. The Labute approximate surface area is 134 Å². The van der Waals surface area contributed by atoms with Crippen molar-refractivity contribution in [2.45, 2.75) is 31.8 Å². The number of nitrogens with one attached hydrogen (secondary N) is 1. The van der Waals surface area contributed by atoms with Gasteiger partial charge in [0.2, 0.25) is 0 Å². The van der Waals surface area contributed by atoms with Gasteiger partial charge in [-0.3, -0.25) is 4.31 Å². The lowest BCUT2D eigenvalue weighted by Crippen LogP contribution is -2.41. The van der Waals surface area contributed by atoms with Gasteiger partial charge in [-0.1, -0.05) is 18.9 Å². The summed E-state index contributed by atoms with van der Waals surface area (Å²) < 4.78 is 8.48. The fourth-order valence-corrected chi connectivity index (χ4v) is 4.50. The number of rotatable bonds is 3. The van der Waals surface area contributed by atoms with Gasteiger partial charge in [-0.05, 0) is 30.9 Å². The van der Waals surface area contributed by atoms with Crippen LogP contribution in [0.1, 0.15) is 31.7 Å². The third kappa shape index (κ3) is 2.19. The highest BCUT2D eigenvalue weighted by Crippen LogP contribution is 2.43. The lowest BCUT2D eigenvalue weighted by molar-refractivity contribution is 0.0152. The van der Waals surface area contributed by atoms with E-state index in [-0.39, 0.29) is 5.60 Å². The van der Waals surface area contributed by atoms with Crippen molar-refractivity contribution in [1.29, 1.82) is 0 Å². The van der Waals surface area contributed by atoms with Gasteiger partial charge in [0, 0.05) is 42.1 Å². The molecule has 0 amide bonds. The minimum atomic E-state index is -0.850. The van der Waals surface area contributed by atoms with Crippen LogP contribution < -0.4 is 5.46 Å². The average molecular weight is 317 g/mol. The fraction of sp³-hybridized carbons (Fsp3) is 0.533. The lowest BCUT2D eigenvalue weighted by atomic mass is 9.76. The molecule has 5 nitrogen and oxygen atoms in total. The van der Waals surface area contributed by atoms with Crippen molar-refractivity contribution in [3.63, 3.8) is 0 Å². The summed E-state index contributed by atoms with van der Waals surface area (Å²) in [5, 5.41) is 11.4. The molecule has 1 spiro atoms. The summed E-state index contributed by atoms with van der Waals surface area (Å²) in [7, 11) is -0.850. The maximum Gasteiger partial charge on any atom is 0.493 e.